The van der Waals surface area contributed by atoms with Crippen LogP contribution < -0.4 is 0 Å². The number of hydrogen-bond acceptors (Lipinski definition) is 3. The number of rotatable bonds is 5. The zero-order valence-corrected chi connectivity index (χ0v) is 36.1. The SMILES string of the molecule is CC1(C)c2ccccc2C2(c3ccc(-c4ccc5c(c4)c4ccccc4n5-c4ccccc4)cc3-c3c(-c4nc(-c5ccccc5)nc(-c5ccccc5)n4)cccc32)c2ccccc21. The molecule has 0 radical (unpaired) electrons. The van der Waals surface area contributed by atoms with Crippen molar-refractivity contribution in [2.45, 2.75) is 24.7 Å². The minimum atomic E-state index is -0.591. The van der Waals surface area contributed by atoms with Crippen LogP contribution in [0.1, 0.15) is 47.2 Å². The lowest BCUT2D eigenvalue weighted by Crippen LogP contribution is -2.40. The van der Waals surface area contributed by atoms with Gasteiger partial charge in [-0.25, -0.2) is 15.0 Å². The van der Waals surface area contributed by atoms with Gasteiger partial charge in [0.05, 0.1) is 16.4 Å². The molecule has 1 spiro atoms. The first-order valence-corrected chi connectivity index (χ1v) is 22.4. The van der Waals surface area contributed by atoms with E-state index in [2.05, 4.69) is 200 Å². The molecule has 4 heteroatoms. The Morgan fingerprint density at radius 1 is 0.338 bits per heavy atom. The van der Waals surface area contributed by atoms with Crippen LogP contribution in [0.3, 0.4) is 0 Å². The summed E-state index contributed by atoms with van der Waals surface area (Å²) in [6.45, 7) is 4.75. The number of hydrogen-bond donors (Lipinski definition) is 0. The fourth-order valence-electron chi connectivity index (χ4n) is 11.3. The zero-order valence-electron chi connectivity index (χ0n) is 36.1. The van der Waals surface area contributed by atoms with Crippen LogP contribution in [0.2, 0.25) is 0 Å². The molecule has 0 unspecified atom stereocenters. The van der Waals surface area contributed by atoms with Crippen molar-refractivity contribution in [1.29, 1.82) is 0 Å². The smallest absolute Gasteiger partial charge is 0.164 e. The fraction of sp³-hybridized carbons (Fsp3) is 0.0656. The second-order valence-corrected chi connectivity index (χ2v) is 17.9. The van der Waals surface area contributed by atoms with E-state index in [0.717, 1.165) is 33.5 Å². The first-order valence-electron chi connectivity index (χ1n) is 22.4. The summed E-state index contributed by atoms with van der Waals surface area (Å²) >= 11 is 0. The lowest BCUT2D eigenvalue weighted by atomic mass is 9.55. The van der Waals surface area contributed by atoms with Gasteiger partial charge < -0.3 is 4.57 Å². The quantitative estimate of drug-likeness (QED) is 0.174. The second-order valence-electron chi connectivity index (χ2n) is 17.9. The highest BCUT2D eigenvalue weighted by atomic mass is 15.0. The van der Waals surface area contributed by atoms with E-state index in [1.807, 2.05) is 36.4 Å². The van der Waals surface area contributed by atoms with Gasteiger partial charge in [-0.1, -0.05) is 196 Å². The molecule has 2 heterocycles. The average Bonchev–Trinajstić information content (AvgIpc) is 3.86. The Kier molecular flexibility index (Phi) is 8.13. The highest BCUT2D eigenvalue weighted by Gasteiger charge is 2.54. The van der Waals surface area contributed by atoms with Crippen molar-refractivity contribution in [3.63, 3.8) is 0 Å². The van der Waals surface area contributed by atoms with Crippen molar-refractivity contribution < 1.29 is 0 Å². The second kappa shape index (κ2) is 14.2. The highest BCUT2D eigenvalue weighted by Crippen LogP contribution is 2.63. The first kappa shape index (κ1) is 37.4. The summed E-state index contributed by atoms with van der Waals surface area (Å²) < 4.78 is 2.38. The van der Waals surface area contributed by atoms with Crippen LogP contribution in [0.25, 0.3) is 83.9 Å². The molecule has 2 aliphatic rings. The predicted octanol–water partition coefficient (Wildman–Crippen LogP) is 14.6. The van der Waals surface area contributed by atoms with E-state index in [-0.39, 0.29) is 5.41 Å². The van der Waals surface area contributed by atoms with E-state index in [0.29, 0.717) is 17.5 Å². The van der Waals surface area contributed by atoms with E-state index in [1.54, 1.807) is 0 Å². The Labute approximate surface area is 378 Å². The molecule has 0 saturated carbocycles. The van der Waals surface area contributed by atoms with Gasteiger partial charge in [-0.3, -0.25) is 0 Å². The van der Waals surface area contributed by atoms with Crippen LogP contribution in [0.5, 0.6) is 0 Å². The third-order valence-corrected chi connectivity index (χ3v) is 14.1. The van der Waals surface area contributed by atoms with Gasteiger partial charge in [0.15, 0.2) is 17.5 Å². The molecule has 0 amide bonds. The van der Waals surface area contributed by atoms with Crippen molar-refractivity contribution in [2.24, 2.45) is 0 Å². The molecular weight excluding hydrogens is 789 g/mol. The van der Waals surface area contributed by atoms with Crippen LogP contribution >= 0.6 is 0 Å². The van der Waals surface area contributed by atoms with Gasteiger partial charge in [-0.2, -0.15) is 0 Å². The van der Waals surface area contributed by atoms with Crippen molar-refractivity contribution in [3.8, 4) is 62.1 Å². The molecule has 11 aromatic rings. The molecule has 0 bridgehead atoms. The number of nitrogens with zero attached hydrogens (tertiary/aromatic N) is 4. The Hall–Kier alpha value is -8.21. The van der Waals surface area contributed by atoms with E-state index in [4.69, 9.17) is 15.0 Å². The zero-order chi connectivity index (χ0) is 43.3. The van der Waals surface area contributed by atoms with Gasteiger partial charge in [-0.15, -0.1) is 0 Å². The maximum absolute atomic E-state index is 5.34. The van der Waals surface area contributed by atoms with E-state index < -0.39 is 5.41 Å². The van der Waals surface area contributed by atoms with Crippen LogP contribution in [0.4, 0.5) is 0 Å². The topological polar surface area (TPSA) is 43.6 Å². The van der Waals surface area contributed by atoms with E-state index in [9.17, 15) is 0 Å². The molecule has 2 aromatic heterocycles. The van der Waals surface area contributed by atoms with Crippen molar-refractivity contribution in [3.05, 3.63) is 252 Å². The largest absolute Gasteiger partial charge is 0.309 e. The third kappa shape index (κ3) is 5.41. The average molecular weight is 831 g/mol. The molecule has 0 N–H and O–H groups in total. The van der Waals surface area contributed by atoms with Crippen LogP contribution in [0, 0.1) is 0 Å². The minimum absolute atomic E-state index is 0.212. The molecule has 9 aromatic carbocycles. The monoisotopic (exact) mass is 830 g/mol. The van der Waals surface area contributed by atoms with Gasteiger partial charge in [0.2, 0.25) is 0 Å². The van der Waals surface area contributed by atoms with E-state index >= 15 is 0 Å². The molecular formula is C61H42N4. The van der Waals surface area contributed by atoms with Gasteiger partial charge in [0, 0.05) is 38.6 Å². The maximum atomic E-state index is 5.34. The molecule has 0 atom stereocenters. The molecule has 2 aliphatic carbocycles. The highest BCUT2D eigenvalue weighted by molar-refractivity contribution is 6.10. The maximum Gasteiger partial charge on any atom is 0.164 e. The summed E-state index contributed by atoms with van der Waals surface area (Å²) in [5, 5.41) is 2.46. The number of benzene rings is 9. The Bertz CT molecular complexity index is 3570. The van der Waals surface area contributed by atoms with Gasteiger partial charge >= 0.3 is 0 Å². The van der Waals surface area contributed by atoms with Crippen molar-refractivity contribution in [1.82, 2.24) is 19.5 Å². The number of para-hydroxylation sites is 2. The Balaban J connectivity index is 1.10. The van der Waals surface area contributed by atoms with Gasteiger partial charge in [0.1, 0.15) is 0 Å². The molecule has 0 aliphatic heterocycles. The van der Waals surface area contributed by atoms with Crippen LogP contribution in [-0.2, 0) is 10.8 Å². The summed E-state index contributed by atoms with van der Waals surface area (Å²) in [5.41, 5.74) is 18.1. The Morgan fingerprint density at radius 3 is 1.51 bits per heavy atom. The van der Waals surface area contributed by atoms with Crippen molar-refractivity contribution >= 4 is 21.8 Å². The minimum Gasteiger partial charge on any atom is -0.309 e. The molecule has 65 heavy (non-hydrogen) atoms. The fourth-order valence-corrected chi connectivity index (χ4v) is 11.3. The molecule has 4 nitrogen and oxygen atoms in total. The summed E-state index contributed by atoms with van der Waals surface area (Å²) in [4.78, 5) is 15.8. The standard InChI is InChI=1S/C61H42N4/c1-60(2)49-27-13-15-29-51(49)61(52-30-16-14-28-50(52)60)48-35-33-41(42-34-36-55-46(37-42)44-25-12-17-32-54(44)65(55)43-23-10-5-11-24-43)38-47(48)56-45(26-18-31-53(56)61)59-63-57(39-19-6-3-7-20-39)62-58(64-59)40-21-8-4-9-22-40/h3-38H,1-2H3. The van der Waals surface area contributed by atoms with Crippen LogP contribution in [-0.4, -0.2) is 19.5 Å². The van der Waals surface area contributed by atoms with Crippen LogP contribution in [0.15, 0.2) is 218 Å². The molecule has 0 saturated heterocycles. The first-order chi connectivity index (χ1) is 32.0. The summed E-state index contributed by atoms with van der Waals surface area (Å²) in [6.07, 6.45) is 0. The predicted molar refractivity (Wildman–Crippen MR) is 265 cm³/mol. The summed E-state index contributed by atoms with van der Waals surface area (Å²) in [5.74, 6) is 1.94. The summed E-state index contributed by atoms with van der Waals surface area (Å²) in [6, 6.07) is 79.1. The van der Waals surface area contributed by atoms with Gasteiger partial charge in [-0.05, 0) is 92.0 Å². The number of fused-ring (bicyclic) bond motifs is 12. The third-order valence-electron chi connectivity index (χ3n) is 14.1. The molecule has 0 fully saturated rings. The molecule has 306 valence electrons. The molecule has 13 rings (SSSR count). The lowest BCUT2D eigenvalue weighted by molar-refractivity contribution is 0.563. The van der Waals surface area contributed by atoms with Crippen molar-refractivity contribution in [2.75, 3.05) is 0 Å². The summed E-state index contributed by atoms with van der Waals surface area (Å²) in [7, 11) is 0. The van der Waals surface area contributed by atoms with E-state index in [1.165, 1.54) is 66.3 Å². The van der Waals surface area contributed by atoms with Gasteiger partial charge in [0.25, 0.3) is 0 Å². The lowest BCUT2D eigenvalue weighted by Gasteiger charge is -2.46. The Morgan fingerprint density at radius 2 is 0.846 bits per heavy atom. The normalized spacial score (nSPS) is 13.9. The number of aromatic nitrogens is 4.